The van der Waals surface area contributed by atoms with Gasteiger partial charge in [-0.05, 0) is 6.07 Å². The number of halogens is 1. The lowest BCUT2D eigenvalue weighted by Crippen LogP contribution is -2.25. The topological polar surface area (TPSA) is 40.7 Å². The van der Waals surface area contributed by atoms with Gasteiger partial charge in [0, 0.05) is 29.6 Å². The van der Waals surface area contributed by atoms with E-state index >= 15 is 0 Å². The van der Waals surface area contributed by atoms with Crippen molar-refractivity contribution in [1.82, 2.24) is 15.3 Å². The summed E-state index contributed by atoms with van der Waals surface area (Å²) < 4.78 is 0. The van der Waals surface area contributed by atoms with Crippen LogP contribution < -0.4 is 5.32 Å². The van der Waals surface area contributed by atoms with Gasteiger partial charge in [-0.25, -0.2) is 4.98 Å². The maximum atomic E-state index is 6.15. The molecule has 0 saturated carbocycles. The first-order chi connectivity index (χ1) is 8.66. The van der Waals surface area contributed by atoms with Gasteiger partial charge in [-0.1, -0.05) is 43.6 Å². The molecule has 1 aromatic heterocycles. The number of rotatable bonds is 5. The largest absolute Gasteiger partial charge is 0.342 e. The van der Waals surface area contributed by atoms with Crippen molar-refractivity contribution in [2.75, 3.05) is 6.54 Å². The Morgan fingerprint density at radius 2 is 2.11 bits per heavy atom. The summed E-state index contributed by atoms with van der Waals surface area (Å²) in [6.45, 7) is 5.20. The molecule has 0 amide bonds. The second kappa shape index (κ2) is 6.03. The number of nitrogens with one attached hydrogen (secondary N) is 2. The van der Waals surface area contributed by atoms with E-state index in [-0.39, 0.29) is 0 Å². The monoisotopic (exact) mass is 263 g/mol. The SMILES string of the molecule is CC(C)NCCc1ncc(-c2ccccc2Cl)[nH]1. The summed E-state index contributed by atoms with van der Waals surface area (Å²) in [5.74, 6) is 0.984. The van der Waals surface area contributed by atoms with Gasteiger partial charge in [-0.3, -0.25) is 0 Å². The average Bonchev–Trinajstić information content (AvgIpc) is 2.78. The normalized spacial score (nSPS) is 11.1. The molecule has 0 aliphatic heterocycles. The molecule has 0 bridgehead atoms. The highest BCUT2D eigenvalue weighted by molar-refractivity contribution is 6.33. The fourth-order valence-electron chi connectivity index (χ4n) is 1.79. The molecule has 0 unspecified atom stereocenters. The number of aromatic amines is 1. The maximum Gasteiger partial charge on any atom is 0.107 e. The average molecular weight is 264 g/mol. The Balaban J connectivity index is 2.04. The van der Waals surface area contributed by atoms with Gasteiger partial charge in [0.15, 0.2) is 0 Å². The molecular formula is C14H18ClN3. The Hall–Kier alpha value is -1.32. The third-order valence-electron chi connectivity index (χ3n) is 2.71. The number of H-pyrrole nitrogens is 1. The highest BCUT2D eigenvalue weighted by Gasteiger charge is 2.06. The van der Waals surface area contributed by atoms with Crippen molar-refractivity contribution in [2.24, 2.45) is 0 Å². The summed E-state index contributed by atoms with van der Waals surface area (Å²) in [6.07, 6.45) is 2.73. The van der Waals surface area contributed by atoms with Gasteiger partial charge in [-0.2, -0.15) is 0 Å². The van der Waals surface area contributed by atoms with Gasteiger partial charge in [0.1, 0.15) is 5.82 Å². The molecule has 2 rings (SSSR count). The lowest BCUT2D eigenvalue weighted by atomic mass is 10.2. The molecule has 1 heterocycles. The first-order valence-electron chi connectivity index (χ1n) is 6.19. The molecule has 0 radical (unpaired) electrons. The van der Waals surface area contributed by atoms with Crippen molar-refractivity contribution in [2.45, 2.75) is 26.3 Å². The van der Waals surface area contributed by atoms with E-state index in [1.54, 1.807) is 0 Å². The molecule has 4 heteroatoms. The van der Waals surface area contributed by atoms with Gasteiger partial charge in [0.25, 0.3) is 0 Å². The van der Waals surface area contributed by atoms with Crippen molar-refractivity contribution in [3.63, 3.8) is 0 Å². The fraction of sp³-hybridized carbons (Fsp3) is 0.357. The lowest BCUT2D eigenvalue weighted by Gasteiger charge is -2.05. The minimum Gasteiger partial charge on any atom is -0.342 e. The minimum absolute atomic E-state index is 0.503. The van der Waals surface area contributed by atoms with Gasteiger partial charge in [-0.15, -0.1) is 0 Å². The maximum absolute atomic E-state index is 6.15. The second-order valence-electron chi connectivity index (χ2n) is 4.58. The number of hydrogen-bond donors (Lipinski definition) is 2. The standard InChI is InChI=1S/C14H18ClN3/c1-10(2)16-8-7-14-17-9-13(18-14)11-5-3-4-6-12(11)15/h3-6,9-10,16H,7-8H2,1-2H3,(H,17,18). The predicted octanol–water partition coefficient (Wildman–Crippen LogP) is 3.27. The summed E-state index contributed by atoms with van der Waals surface area (Å²) in [6, 6.07) is 8.28. The van der Waals surface area contributed by atoms with Crippen LogP contribution in [-0.2, 0) is 6.42 Å². The summed E-state index contributed by atoms with van der Waals surface area (Å²) >= 11 is 6.15. The van der Waals surface area contributed by atoms with Crippen LogP contribution in [0.15, 0.2) is 30.5 Å². The van der Waals surface area contributed by atoms with Crippen LogP contribution in [0.2, 0.25) is 5.02 Å². The van der Waals surface area contributed by atoms with Crippen LogP contribution >= 0.6 is 11.6 Å². The van der Waals surface area contributed by atoms with E-state index in [0.29, 0.717) is 6.04 Å². The lowest BCUT2D eigenvalue weighted by molar-refractivity contribution is 0.584. The Kier molecular flexibility index (Phi) is 4.39. The second-order valence-corrected chi connectivity index (χ2v) is 4.99. The first kappa shape index (κ1) is 13.1. The van der Waals surface area contributed by atoms with Crippen LogP contribution in [0.25, 0.3) is 11.3 Å². The Bertz CT molecular complexity index is 505. The van der Waals surface area contributed by atoms with Crippen molar-refractivity contribution >= 4 is 11.6 Å². The summed E-state index contributed by atoms with van der Waals surface area (Å²) in [5, 5.41) is 4.11. The predicted molar refractivity (Wildman–Crippen MR) is 75.9 cm³/mol. The molecule has 2 N–H and O–H groups in total. The molecule has 1 aromatic carbocycles. The van der Waals surface area contributed by atoms with Gasteiger partial charge in [0.05, 0.1) is 11.9 Å². The summed E-state index contributed by atoms with van der Waals surface area (Å²) in [7, 11) is 0. The van der Waals surface area contributed by atoms with Gasteiger partial charge < -0.3 is 10.3 Å². The molecule has 96 valence electrons. The Morgan fingerprint density at radius 1 is 1.33 bits per heavy atom. The van der Waals surface area contributed by atoms with Crippen LogP contribution in [0.3, 0.4) is 0 Å². The summed E-state index contributed by atoms with van der Waals surface area (Å²) in [5.41, 5.74) is 1.97. The molecule has 18 heavy (non-hydrogen) atoms. The van der Waals surface area contributed by atoms with E-state index < -0.39 is 0 Å². The Morgan fingerprint density at radius 3 is 2.83 bits per heavy atom. The zero-order chi connectivity index (χ0) is 13.0. The molecule has 0 aliphatic rings. The minimum atomic E-state index is 0.503. The molecule has 0 spiro atoms. The van der Waals surface area contributed by atoms with Gasteiger partial charge >= 0.3 is 0 Å². The number of nitrogens with zero attached hydrogens (tertiary/aromatic N) is 1. The van der Waals surface area contributed by atoms with E-state index in [1.807, 2.05) is 30.5 Å². The number of imidazole rings is 1. The highest BCUT2D eigenvalue weighted by Crippen LogP contribution is 2.25. The van der Waals surface area contributed by atoms with E-state index in [1.165, 1.54) is 0 Å². The van der Waals surface area contributed by atoms with Crippen LogP contribution in [-0.4, -0.2) is 22.6 Å². The van der Waals surface area contributed by atoms with Crippen molar-refractivity contribution in [1.29, 1.82) is 0 Å². The van der Waals surface area contributed by atoms with E-state index in [9.17, 15) is 0 Å². The molecule has 0 atom stereocenters. The van der Waals surface area contributed by atoms with Crippen LogP contribution in [0.1, 0.15) is 19.7 Å². The van der Waals surface area contributed by atoms with E-state index in [2.05, 4.69) is 29.1 Å². The van der Waals surface area contributed by atoms with E-state index in [0.717, 1.165) is 35.1 Å². The third-order valence-corrected chi connectivity index (χ3v) is 3.04. The molecule has 0 fully saturated rings. The van der Waals surface area contributed by atoms with Gasteiger partial charge in [0.2, 0.25) is 0 Å². The summed E-state index contributed by atoms with van der Waals surface area (Å²) in [4.78, 5) is 7.68. The van der Waals surface area contributed by atoms with Crippen molar-refractivity contribution < 1.29 is 0 Å². The Labute approximate surface area is 113 Å². The highest BCUT2D eigenvalue weighted by atomic mass is 35.5. The van der Waals surface area contributed by atoms with Crippen LogP contribution in [0.4, 0.5) is 0 Å². The smallest absolute Gasteiger partial charge is 0.107 e. The van der Waals surface area contributed by atoms with Crippen LogP contribution in [0, 0.1) is 0 Å². The van der Waals surface area contributed by atoms with E-state index in [4.69, 9.17) is 11.6 Å². The zero-order valence-corrected chi connectivity index (χ0v) is 11.5. The number of hydrogen-bond acceptors (Lipinski definition) is 2. The van der Waals surface area contributed by atoms with Crippen molar-refractivity contribution in [3.8, 4) is 11.3 Å². The third kappa shape index (κ3) is 3.34. The van der Waals surface area contributed by atoms with Crippen molar-refractivity contribution in [3.05, 3.63) is 41.3 Å². The molecule has 2 aromatic rings. The van der Waals surface area contributed by atoms with Crippen LogP contribution in [0.5, 0.6) is 0 Å². The number of benzene rings is 1. The fourth-order valence-corrected chi connectivity index (χ4v) is 2.02. The first-order valence-corrected chi connectivity index (χ1v) is 6.57. The number of aromatic nitrogens is 2. The molecular weight excluding hydrogens is 246 g/mol. The molecule has 3 nitrogen and oxygen atoms in total. The quantitative estimate of drug-likeness (QED) is 0.869. The molecule has 0 saturated heterocycles. The molecule has 0 aliphatic carbocycles. The zero-order valence-electron chi connectivity index (χ0n) is 10.7.